The lowest BCUT2D eigenvalue weighted by molar-refractivity contribution is -0.111. The Bertz CT molecular complexity index is 938. The fourth-order valence-corrected chi connectivity index (χ4v) is 3.07. The number of para-hydroxylation sites is 1. The number of rotatable bonds is 8. The molecule has 1 saturated carbocycles. The van der Waals surface area contributed by atoms with Crippen molar-refractivity contribution in [2.24, 2.45) is 0 Å². The van der Waals surface area contributed by atoms with Crippen LogP contribution in [0.2, 0.25) is 5.02 Å². The summed E-state index contributed by atoms with van der Waals surface area (Å²) in [5.74, 6) is 0.410. The van der Waals surface area contributed by atoms with Gasteiger partial charge in [-0.15, -0.1) is 0 Å². The van der Waals surface area contributed by atoms with E-state index in [0.717, 1.165) is 12.8 Å². The molecule has 0 aromatic heterocycles. The highest BCUT2D eigenvalue weighted by Crippen LogP contribution is 2.36. The number of nitrogens with one attached hydrogen (secondary N) is 2. The van der Waals surface area contributed by atoms with Gasteiger partial charge in [0.15, 0.2) is 11.5 Å². The number of hydrogen-bond acceptors (Lipinski definition) is 4. The Kier molecular flexibility index (Phi) is 6.77. The first-order valence-electron chi connectivity index (χ1n) is 9.41. The highest BCUT2D eigenvalue weighted by Gasteiger charge is 2.24. The normalized spacial score (nSPS) is 13.2. The fraction of sp³-hybridized carbons (Fsp3) is 0.273. The molecule has 1 aliphatic carbocycles. The van der Waals surface area contributed by atoms with Gasteiger partial charge in [-0.05, 0) is 55.7 Å². The molecule has 0 atom stereocenters. The number of amides is 2. The van der Waals surface area contributed by atoms with Crippen molar-refractivity contribution in [3.8, 4) is 11.5 Å². The van der Waals surface area contributed by atoms with E-state index in [1.807, 2.05) is 6.92 Å². The van der Waals surface area contributed by atoms with Crippen LogP contribution in [0.3, 0.4) is 0 Å². The number of anilines is 1. The number of halogens is 1. The largest absolute Gasteiger partial charge is 0.491 e. The van der Waals surface area contributed by atoms with Crippen molar-refractivity contribution in [1.82, 2.24) is 5.32 Å². The van der Waals surface area contributed by atoms with Crippen LogP contribution in [0, 0.1) is 0 Å². The van der Waals surface area contributed by atoms with Crippen LogP contribution >= 0.6 is 11.6 Å². The third-order valence-corrected chi connectivity index (χ3v) is 4.59. The molecule has 6 nitrogen and oxygen atoms in total. The Morgan fingerprint density at radius 2 is 2.00 bits per heavy atom. The smallest absolute Gasteiger partial charge is 0.253 e. The minimum atomic E-state index is -0.360. The first-order valence-corrected chi connectivity index (χ1v) is 9.79. The number of methoxy groups -OCH3 is 1. The Labute approximate surface area is 174 Å². The average molecular weight is 415 g/mol. The lowest BCUT2D eigenvalue weighted by Gasteiger charge is -2.12. The predicted molar refractivity (Wildman–Crippen MR) is 114 cm³/mol. The Morgan fingerprint density at radius 3 is 2.69 bits per heavy atom. The second-order valence-electron chi connectivity index (χ2n) is 6.58. The van der Waals surface area contributed by atoms with Crippen molar-refractivity contribution in [3.63, 3.8) is 0 Å². The molecule has 2 amide bonds. The van der Waals surface area contributed by atoms with Gasteiger partial charge >= 0.3 is 0 Å². The second-order valence-corrected chi connectivity index (χ2v) is 6.99. The van der Waals surface area contributed by atoms with Gasteiger partial charge in [0.2, 0.25) is 5.91 Å². The lowest BCUT2D eigenvalue weighted by Crippen LogP contribution is -2.26. The van der Waals surface area contributed by atoms with Crippen molar-refractivity contribution in [3.05, 3.63) is 58.6 Å². The molecule has 0 spiro atoms. The van der Waals surface area contributed by atoms with Gasteiger partial charge in [0.05, 0.1) is 30.0 Å². The molecule has 0 heterocycles. The summed E-state index contributed by atoms with van der Waals surface area (Å²) in [5, 5.41) is 6.07. The molecule has 1 fully saturated rings. The lowest BCUT2D eigenvalue weighted by atomic mass is 10.1. The molecule has 0 radical (unpaired) electrons. The third-order valence-electron chi connectivity index (χ3n) is 4.31. The van der Waals surface area contributed by atoms with E-state index in [9.17, 15) is 9.59 Å². The predicted octanol–water partition coefficient (Wildman–Crippen LogP) is 4.29. The molecule has 0 unspecified atom stereocenters. The third kappa shape index (κ3) is 5.51. The zero-order chi connectivity index (χ0) is 20.8. The van der Waals surface area contributed by atoms with Gasteiger partial charge in [0, 0.05) is 12.1 Å². The van der Waals surface area contributed by atoms with Crippen molar-refractivity contribution in [2.75, 3.05) is 19.0 Å². The van der Waals surface area contributed by atoms with E-state index in [4.69, 9.17) is 21.1 Å². The minimum absolute atomic E-state index is 0.185. The summed E-state index contributed by atoms with van der Waals surface area (Å²) >= 11 is 6.23. The first-order chi connectivity index (χ1) is 14.0. The van der Waals surface area contributed by atoms with Crippen LogP contribution in [-0.2, 0) is 4.79 Å². The van der Waals surface area contributed by atoms with E-state index in [1.54, 1.807) is 42.5 Å². The van der Waals surface area contributed by atoms with E-state index in [1.165, 1.54) is 13.2 Å². The Morgan fingerprint density at radius 1 is 1.24 bits per heavy atom. The van der Waals surface area contributed by atoms with Crippen LogP contribution in [-0.4, -0.2) is 31.6 Å². The molecule has 7 heteroatoms. The monoisotopic (exact) mass is 414 g/mol. The van der Waals surface area contributed by atoms with E-state index < -0.39 is 0 Å². The minimum Gasteiger partial charge on any atom is -0.491 e. The van der Waals surface area contributed by atoms with Gasteiger partial charge in [-0.3, -0.25) is 9.59 Å². The van der Waals surface area contributed by atoms with Gasteiger partial charge in [0.1, 0.15) is 0 Å². The standard InChI is InChI=1S/C22H23ClN2O4/c1-3-29-19-13-14(12-17(23)21(19)28-2)8-11-20(26)25-18-7-5-4-6-16(18)22(27)24-15-9-10-15/h4-8,11-13,15H,3,9-10H2,1-2H3,(H,24,27)(H,25,26). The van der Waals surface area contributed by atoms with Crippen LogP contribution in [0.15, 0.2) is 42.5 Å². The molecule has 0 saturated heterocycles. The number of ether oxygens (including phenoxy) is 2. The number of hydrogen-bond donors (Lipinski definition) is 2. The van der Waals surface area contributed by atoms with Gasteiger partial charge < -0.3 is 20.1 Å². The molecular weight excluding hydrogens is 392 g/mol. The van der Waals surface area contributed by atoms with Crippen molar-refractivity contribution >= 4 is 35.2 Å². The van der Waals surface area contributed by atoms with E-state index >= 15 is 0 Å². The van der Waals surface area contributed by atoms with Gasteiger partial charge in [0.25, 0.3) is 5.91 Å². The molecule has 29 heavy (non-hydrogen) atoms. The maximum absolute atomic E-state index is 12.4. The fourth-order valence-electron chi connectivity index (χ4n) is 2.77. The van der Waals surface area contributed by atoms with Crippen LogP contribution in [0.5, 0.6) is 11.5 Å². The number of benzene rings is 2. The maximum atomic E-state index is 12.4. The zero-order valence-electron chi connectivity index (χ0n) is 16.3. The van der Waals surface area contributed by atoms with Gasteiger partial charge in [-0.1, -0.05) is 23.7 Å². The summed E-state index contributed by atoms with van der Waals surface area (Å²) < 4.78 is 10.8. The van der Waals surface area contributed by atoms with Crippen LogP contribution < -0.4 is 20.1 Å². The van der Waals surface area contributed by atoms with E-state index in [-0.39, 0.29) is 17.9 Å². The highest BCUT2D eigenvalue weighted by atomic mass is 35.5. The molecule has 0 bridgehead atoms. The van der Waals surface area contributed by atoms with Crippen LogP contribution in [0.1, 0.15) is 35.7 Å². The summed E-state index contributed by atoms with van der Waals surface area (Å²) in [4.78, 5) is 24.7. The summed E-state index contributed by atoms with van der Waals surface area (Å²) in [6.45, 7) is 2.32. The molecule has 2 aromatic rings. The SMILES string of the molecule is CCOc1cc(C=CC(=O)Nc2ccccc2C(=O)NC2CC2)cc(Cl)c1OC. The van der Waals surface area contributed by atoms with E-state index in [0.29, 0.717) is 39.9 Å². The van der Waals surface area contributed by atoms with Crippen molar-refractivity contribution in [1.29, 1.82) is 0 Å². The Balaban J connectivity index is 1.73. The molecule has 0 aliphatic heterocycles. The van der Waals surface area contributed by atoms with E-state index in [2.05, 4.69) is 10.6 Å². The molecule has 2 N–H and O–H groups in total. The average Bonchev–Trinajstić information content (AvgIpc) is 3.51. The van der Waals surface area contributed by atoms with Gasteiger partial charge in [-0.25, -0.2) is 0 Å². The summed E-state index contributed by atoms with van der Waals surface area (Å²) in [5.41, 5.74) is 1.59. The number of carbonyl (C=O) groups is 2. The number of carbonyl (C=O) groups excluding carboxylic acids is 2. The molecular formula is C22H23ClN2O4. The zero-order valence-corrected chi connectivity index (χ0v) is 17.1. The topological polar surface area (TPSA) is 76.7 Å². The molecule has 152 valence electrons. The van der Waals surface area contributed by atoms with Gasteiger partial charge in [-0.2, -0.15) is 0 Å². The summed E-state index contributed by atoms with van der Waals surface area (Å²) in [6, 6.07) is 10.6. The Hall–Kier alpha value is -2.99. The summed E-state index contributed by atoms with van der Waals surface area (Å²) in [6.07, 6.45) is 4.99. The quantitative estimate of drug-likeness (QED) is 0.632. The molecule has 2 aromatic carbocycles. The maximum Gasteiger partial charge on any atom is 0.253 e. The van der Waals surface area contributed by atoms with Crippen molar-refractivity contribution in [2.45, 2.75) is 25.8 Å². The first kappa shape index (κ1) is 20.7. The van der Waals surface area contributed by atoms with Crippen molar-refractivity contribution < 1.29 is 19.1 Å². The molecule has 1 aliphatic rings. The highest BCUT2D eigenvalue weighted by molar-refractivity contribution is 6.32. The van der Waals surface area contributed by atoms with Crippen LogP contribution in [0.25, 0.3) is 6.08 Å². The summed E-state index contributed by atoms with van der Waals surface area (Å²) in [7, 11) is 1.52. The second kappa shape index (κ2) is 9.47. The molecule has 3 rings (SSSR count). The van der Waals surface area contributed by atoms with Crippen LogP contribution in [0.4, 0.5) is 5.69 Å².